The molecule has 0 aliphatic carbocycles. The summed E-state index contributed by atoms with van der Waals surface area (Å²) in [6.45, 7) is 1.72. The Hall–Kier alpha value is -1.46. The van der Waals surface area contributed by atoms with E-state index in [4.69, 9.17) is 10.5 Å². The van der Waals surface area contributed by atoms with E-state index in [9.17, 15) is 9.18 Å². The van der Waals surface area contributed by atoms with Gasteiger partial charge in [-0.2, -0.15) is 0 Å². The van der Waals surface area contributed by atoms with Crippen LogP contribution in [0.1, 0.15) is 12.5 Å². The number of carbonyl (C=O) groups excluding carboxylic acids is 1. The number of rotatable bonds is 4. The van der Waals surface area contributed by atoms with Crippen molar-refractivity contribution in [1.29, 1.82) is 0 Å². The van der Waals surface area contributed by atoms with Crippen LogP contribution < -0.4 is 11.1 Å². The Balaban J connectivity index is 2.78. The van der Waals surface area contributed by atoms with Crippen LogP contribution in [-0.2, 0) is 16.1 Å². The fraction of sp³-hybridized carbons (Fsp3) is 0.364. The Morgan fingerprint density at radius 2 is 2.31 bits per heavy atom. The van der Waals surface area contributed by atoms with E-state index in [1.807, 2.05) is 0 Å². The van der Waals surface area contributed by atoms with Crippen molar-refractivity contribution in [1.82, 2.24) is 0 Å². The second kappa shape index (κ2) is 5.58. The van der Waals surface area contributed by atoms with Gasteiger partial charge >= 0.3 is 0 Å². The standard InChI is InChI=1S/C11H15FN2O2/c1-7(16-2)11(15)14-9-3-4-10(12)8(5-9)6-13/h3-5,7H,6,13H2,1-2H3,(H,14,15). The average Bonchev–Trinajstić information content (AvgIpc) is 2.30. The number of nitrogens with two attached hydrogens (primary N) is 1. The first kappa shape index (κ1) is 12.6. The zero-order valence-corrected chi connectivity index (χ0v) is 9.29. The normalized spacial score (nSPS) is 12.2. The Morgan fingerprint density at radius 1 is 1.62 bits per heavy atom. The fourth-order valence-electron chi connectivity index (χ4n) is 1.16. The number of halogens is 1. The molecule has 0 saturated heterocycles. The van der Waals surface area contributed by atoms with Gasteiger partial charge in [0, 0.05) is 24.9 Å². The van der Waals surface area contributed by atoms with Crippen molar-refractivity contribution in [3.63, 3.8) is 0 Å². The minimum atomic E-state index is -0.550. The van der Waals surface area contributed by atoms with Gasteiger partial charge in [-0.15, -0.1) is 0 Å². The van der Waals surface area contributed by atoms with Crippen molar-refractivity contribution >= 4 is 11.6 Å². The zero-order chi connectivity index (χ0) is 12.1. The van der Waals surface area contributed by atoms with E-state index in [-0.39, 0.29) is 18.3 Å². The highest BCUT2D eigenvalue weighted by molar-refractivity contribution is 5.93. The van der Waals surface area contributed by atoms with E-state index in [0.29, 0.717) is 11.3 Å². The third kappa shape index (κ3) is 3.01. The molecule has 0 bridgehead atoms. The van der Waals surface area contributed by atoms with Gasteiger partial charge in [0.1, 0.15) is 11.9 Å². The molecule has 1 amide bonds. The van der Waals surface area contributed by atoms with Crippen molar-refractivity contribution in [3.8, 4) is 0 Å². The number of amides is 1. The minimum absolute atomic E-state index is 0.0926. The monoisotopic (exact) mass is 226 g/mol. The molecule has 0 spiro atoms. The van der Waals surface area contributed by atoms with Crippen LogP contribution in [0.3, 0.4) is 0 Å². The summed E-state index contributed by atoms with van der Waals surface area (Å²) in [5.74, 6) is -0.655. The van der Waals surface area contributed by atoms with Crippen LogP contribution in [-0.4, -0.2) is 19.1 Å². The minimum Gasteiger partial charge on any atom is -0.372 e. The van der Waals surface area contributed by atoms with Crippen molar-refractivity contribution in [2.24, 2.45) is 5.73 Å². The molecule has 0 radical (unpaired) electrons. The molecular weight excluding hydrogens is 211 g/mol. The first-order valence-electron chi connectivity index (χ1n) is 4.90. The van der Waals surface area contributed by atoms with Crippen molar-refractivity contribution in [2.75, 3.05) is 12.4 Å². The number of nitrogens with one attached hydrogen (secondary N) is 1. The lowest BCUT2D eigenvalue weighted by Gasteiger charge is -2.11. The predicted molar refractivity (Wildman–Crippen MR) is 59.4 cm³/mol. The summed E-state index contributed by atoms with van der Waals surface area (Å²) in [5.41, 5.74) is 6.23. The van der Waals surface area contributed by atoms with Crippen LogP contribution in [0.2, 0.25) is 0 Å². The van der Waals surface area contributed by atoms with Gasteiger partial charge in [0.15, 0.2) is 0 Å². The molecule has 16 heavy (non-hydrogen) atoms. The Morgan fingerprint density at radius 3 is 2.88 bits per heavy atom. The molecule has 5 heteroatoms. The number of methoxy groups -OCH3 is 1. The maximum Gasteiger partial charge on any atom is 0.253 e. The smallest absolute Gasteiger partial charge is 0.253 e. The first-order chi connectivity index (χ1) is 7.58. The van der Waals surface area contributed by atoms with Crippen LogP contribution in [0.5, 0.6) is 0 Å². The van der Waals surface area contributed by atoms with Crippen LogP contribution in [0, 0.1) is 5.82 Å². The summed E-state index contributed by atoms with van der Waals surface area (Å²) in [4.78, 5) is 11.5. The van der Waals surface area contributed by atoms with E-state index in [0.717, 1.165) is 0 Å². The topological polar surface area (TPSA) is 64.3 Å². The third-order valence-electron chi connectivity index (χ3n) is 2.26. The second-order valence-electron chi connectivity index (χ2n) is 3.38. The highest BCUT2D eigenvalue weighted by Crippen LogP contribution is 2.14. The van der Waals surface area contributed by atoms with E-state index < -0.39 is 6.10 Å². The summed E-state index contributed by atoms with van der Waals surface area (Å²) in [7, 11) is 1.44. The molecule has 4 nitrogen and oxygen atoms in total. The Kier molecular flexibility index (Phi) is 4.39. The maximum absolute atomic E-state index is 13.1. The average molecular weight is 226 g/mol. The van der Waals surface area contributed by atoms with Crippen molar-refractivity contribution in [2.45, 2.75) is 19.6 Å². The summed E-state index contributed by atoms with van der Waals surface area (Å²) >= 11 is 0. The van der Waals surface area contributed by atoms with Crippen molar-refractivity contribution < 1.29 is 13.9 Å². The molecule has 1 rings (SSSR count). The molecule has 0 heterocycles. The lowest BCUT2D eigenvalue weighted by molar-refractivity contribution is -0.124. The van der Waals surface area contributed by atoms with E-state index >= 15 is 0 Å². The van der Waals surface area contributed by atoms with Gasteiger partial charge in [-0.1, -0.05) is 0 Å². The molecule has 0 fully saturated rings. The third-order valence-corrected chi connectivity index (χ3v) is 2.26. The quantitative estimate of drug-likeness (QED) is 0.812. The Bertz CT molecular complexity index is 382. The lowest BCUT2D eigenvalue weighted by atomic mass is 10.2. The largest absolute Gasteiger partial charge is 0.372 e. The highest BCUT2D eigenvalue weighted by atomic mass is 19.1. The molecule has 0 aromatic heterocycles. The second-order valence-corrected chi connectivity index (χ2v) is 3.38. The maximum atomic E-state index is 13.1. The van der Waals surface area contributed by atoms with Crippen LogP contribution in [0.15, 0.2) is 18.2 Å². The van der Waals surface area contributed by atoms with Gasteiger partial charge in [0.25, 0.3) is 5.91 Å². The van der Waals surface area contributed by atoms with Gasteiger partial charge < -0.3 is 15.8 Å². The summed E-state index contributed by atoms with van der Waals surface area (Å²) in [6, 6.07) is 4.26. The molecule has 1 unspecified atom stereocenters. The highest BCUT2D eigenvalue weighted by Gasteiger charge is 2.12. The summed E-state index contributed by atoms with van der Waals surface area (Å²) in [5, 5.41) is 2.61. The van der Waals surface area contributed by atoms with Crippen LogP contribution in [0.4, 0.5) is 10.1 Å². The van der Waals surface area contributed by atoms with Crippen molar-refractivity contribution in [3.05, 3.63) is 29.6 Å². The van der Waals surface area contributed by atoms with Gasteiger partial charge in [-0.25, -0.2) is 4.39 Å². The number of ether oxygens (including phenoxy) is 1. The molecule has 0 aliphatic rings. The zero-order valence-electron chi connectivity index (χ0n) is 9.29. The number of anilines is 1. The summed E-state index contributed by atoms with van der Waals surface area (Å²) in [6.07, 6.45) is -0.550. The number of carbonyl (C=O) groups is 1. The van der Waals surface area contributed by atoms with Gasteiger partial charge in [-0.05, 0) is 25.1 Å². The van der Waals surface area contributed by atoms with Crippen LogP contribution in [0.25, 0.3) is 0 Å². The van der Waals surface area contributed by atoms with E-state index in [1.165, 1.54) is 25.3 Å². The molecule has 1 atom stereocenters. The number of hydrogen-bond acceptors (Lipinski definition) is 3. The molecular formula is C11H15FN2O2. The molecule has 0 saturated carbocycles. The summed E-state index contributed by atoms with van der Waals surface area (Å²) < 4.78 is 18.0. The first-order valence-corrected chi connectivity index (χ1v) is 4.90. The van der Waals surface area contributed by atoms with Gasteiger partial charge in [0.2, 0.25) is 0 Å². The van der Waals surface area contributed by atoms with Crippen LogP contribution >= 0.6 is 0 Å². The SMILES string of the molecule is COC(C)C(=O)Nc1ccc(F)c(CN)c1. The molecule has 3 N–H and O–H groups in total. The van der Waals surface area contributed by atoms with Gasteiger partial charge in [0.05, 0.1) is 0 Å². The fourth-order valence-corrected chi connectivity index (χ4v) is 1.16. The van der Waals surface area contributed by atoms with E-state index in [2.05, 4.69) is 5.32 Å². The van der Waals surface area contributed by atoms with Gasteiger partial charge in [-0.3, -0.25) is 4.79 Å². The Labute approximate surface area is 93.6 Å². The molecule has 0 aliphatic heterocycles. The predicted octanol–water partition coefficient (Wildman–Crippen LogP) is 1.26. The molecule has 1 aromatic carbocycles. The lowest BCUT2D eigenvalue weighted by Crippen LogP contribution is -2.26. The molecule has 1 aromatic rings. The number of benzene rings is 1. The number of hydrogen-bond donors (Lipinski definition) is 2. The molecule has 88 valence electrons. The van der Waals surface area contributed by atoms with E-state index in [1.54, 1.807) is 6.92 Å².